The Hall–Kier alpha value is -3.39. The molecular weight excluding hydrogens is 440 g/mol. The molecule has 3 aromatic rings. The van der Waals surface area contributed by atoms with Gasteiger partial charge in [-0.2, -0.15) is 0 Å². The summed E-state index contributed by atoms with van der Waals surface area (Å²) in [5, 5.41) is 5.31. The highest BCUT2D eigenvalue weighted by Crippen LogP contribution is 2.20. The number of hydrogen-bond donors (Lipinski definition) is 2. The number of halogens is 1. The summed E-state index contributed by atoms with van der Waals surface area (Å²) in [6, 6.07) is 14.6. The molecule has 7 nitrogen and oxygen atoms in total. The van der Waals surface area contributed by atoms with Crippen LogP contribution in [0.25, 0.3) is 0 Å². The predicted octanol–water partition coefficient (Wildman–Crippen LogP) is 4.40. The van der Waals surface area contributed by atoms with Crippen molar-refractivity contribution in [1.29, 1.82) is 0 Å². The highest BCUT2D eigenvalue weighted by atomic mass is 79.9. The summed E-state index contributed by atoms with van der Waals surface area (Å²) in [6.07, 6.45) is 1.40. The van der Waals surface area contributed by atoms with E-state index in [-0.39, 0.29) is 11.3 Å². The Morgan fingerprint density at radius 3 is 2.38 bits per heavy atom. The van der Waals surface area contributed by atoms with Crippen molar-refractivity contribution in [2.24, 2.45) is 0 Å². The molecule has 0 unspecified atom stereocenters. The average molecular weight is 457 g/mol. The van der Waals surface area contributed by atoms with E-state index < -0.39 is 24.4 Å². The largest absolute Gasteiger partial charge is 0.459 e. The van der Waals surface area contributed by atoms with Crippen LogP contribution in [0.5, 0.6) is 0 Å². The maximum absolute atomic E-state index is 12.1. The molecule has 0 saturated heterocycles. The normalized spacial score (nSPS) is 10.3. The molecule has 148 valence electrons. The van der Waals surface area contributed by atoms with Gasteiger partial charge in [-0.3, -0.25) is 9.59 Å². The number of anilines is 2. The van der Waals surface area contributed by atoms with Crippen LogP contribution in [0.3, 0.4) is 0 Å². The maximum Gasteiger partial charge on any atom is 0.338 e. The number of aryl methyl sites for hydroxylation is 1. The third-order valence-electron chi connectivity index (χ3n) is 3.90. The van der Waals surface area contributed by atoms with Crippen LogP contribution in [0, 0.1) is 6.92 Å². The lowest BCUT2D eigenvalue weighted by molar-refractivity contribution is -0.119. The fourth-order valence-electron chi connectivity index (χ4n) is 2.42. The molecule has 0 atom stereocenters. The Labute approximate surface area is 175 Å². The molecular formula is C21H17BrN2O5. The summed E-state index contributed by atoms with van der Waals surface area (Å²) in [4.78, 5) is 36.0. The highest BCUT2D eigenvalue weighted by Gasteiger charge is 2.12. The van der Waals surface area contributed by atoms with Crippen molar-refractivity contribution in [3.63, 3.8) is 0 Å². The van der Waals surface area contributed by atoms with Crippen molar-refractivity contribution in [3.05, 3.63) is 82.2 Å². The molecule has 2 amide bonds. The molecule has 0 aliphatic carbocycles. The Bertz CT molecular complexity index is 1030. The first kappa shape index (κ1) is 20.3. The Morgan fingerprint density at radius 1 is 1.00 bits per heavy atom. The van der Waals surface area contributed by atoms with Crippen LogP contribution in [0.1, 0.15) is 26.5 Å². The van der Waals surface area contributed by atoms with Crippen molar-refractivity contribution < 1.29 is 23.5 Å². The zero-order valence-corrected chi connectivity index (χ0v) is 17.0. The van der Waals surface area contributed by atoms with Crippen molar-refractivity contribution in [2.75, 3.05) is 17.2 Å². The van der Waals surface area contributed by atoms with E-state index in [1.807, 2.05) is 13.0 Å². The second-order valence-corrected chi connectivity index (χ2v) is 6.95. The van der Waals surface area contributed by atoms with Gasteiger partial charge >= 0.3 is 5.97 Å². The minimum Gasteiger partial charge on any atom is -0.459 e. The van der Waals surface area contributed by atoms with Crippen molar-refractivity contribution in [3.8, 4) is 0 Å². The van der Waals surface area contributed by atoms with Crippen molar-refractivity contribution in [2.45, 2.75) is 6.92 Å². The van der Waals surface area contributed by atoms with Gasteiger partial charge in [0.1, 0.15) is 0 Å². The number of rotatable bonds is 6. The van der Waals surface area contributed by atoms with E-state index in [2.05, 4.69) is 26.6 Å². The fourth-order valence-corrected chi connectivity index (χ4v) is 2.67. The smallest absolute Gasteiger partial charge is 0.338 e. The van der Waals surface area contributed by atoms with Crippen LogP contribution < -0.4 is 10.6 Å². The molecule has 3 rings (SSSR count). The second kappa shape index (κ2) is 9.20. The molecule has 0 aliphatic rings. The average Bonchev–Trinajstić information content (AvgIpc) is 3.24. The zero-order chi connectivity index (χ0) is 20.8. The van der Waals surface area contributed by atoms with Crippen LogP contribution >= 0.6 is 15.9 Å². The number of ether oxygens (including phenoxy) is 1. The molecule has 2 N–H and O–H groups in total. The van der Waals surface area contributed by atoms with E-state index in [1.54, 1.807) is 36.4 Å². The molecule has 1 heterocycles. The molecule has 29 heavy (non-hydrogen) atoms. The van der Waals surface area contributed by atoms with Gasteiger partial charge in [0.05, 0.1) is 11.8 Å². The first-order valence-corrected chi connectivity index (χ1v) is 9.40. The van der Waals surface area contributed by atoms with Crippen LogP contribution in [-0.2, 0) is 9.53 Å². The summed E-state index contributed by atoms with van der Waals surface area (Å²) in [7, 11) is 0. The minimum atomic E-state index is -0.643. The summed E-state index contributed by atoms with van der Waals surface area (Å²) in [5.74, 6) is -1.30. The molecule has 8 heteroatoms. The van der Waals surface area contributed by atoms with Gasteiger partial charge in [0, 0.05) is 15.8 Å². The summed E-state index contributed by atoms with van der Waals surface area (Å²) < 4.78 is 11.0. The lowest BCUT2D eigenvalue weighted by Crippen LogP contribution is -2.21. The van der Waals surface area contributed by atoms with Gasteiger partial charge in [-0.05, 0) is 67.1 Å². The van der Waals surface area contributed by atoms with Crippen LogP contribution in [0.15, 0.2) is 69.8 Å². The van der Waals surface area contributed by atoms with Gasteiger partial charge in [-0.15, -0.1) is 0 Å². The monoisotopic (exact) mass is 456 g/mol. The number of benzene rings is 2. The third-order valence-corrected chi connectivity index (χ3v) is 4.79. The van der Waals surface area contributed by atoms with Crippen LogP contribution in [-0.4, -0.2) is 24.4 Å². The number of esters is 1. The maximum atomic E-state index is 12.1. The topological polar surface area (TPSA) is 97.6 Å². The van der Waals surface area contributed by atoms with E-state index in [0.717, 1.165) is 10.0 Å². The third kappa shape index (κ3) is 5.55. The first-order valence-electron chi connectivity index (χ1n) is 8.60. The molecule has 0 aliphatic heterocycles. The standard InChI is InChI=1S/C21H17BrN2O5/c1-13-11-16(8-9-17(13)22)23-19(25)12-29-21(27)14-4-6-15(7-5-14)24-20(26)18-3-2-10-28-18/h2-11H,12H2,1H3,(H,23,25)(H,24,26). The Morgan fingerprint density at radius 2 is 1.72 bits per heavy atom. The van der Waals surface area contributed by atoms with E-state index in [0.29, 0.717) is 11.4 Å². The SMILES string of the molecule is Cc1cc(NC(=O)COC(=O)c2ccc(NC(=O)c3ccco3)cc2)ccc1Br. The van der Waals surface area contributed by atoms with Crippen LogP contribution in [0.4, 0.5) is 11.4 Å². The lowest BCUT2D eigenvalue weighted by atomic mass is 10.2. The molecule has 2 aromatic carbocycles. The van der Waals surface area contributed by atoms with Gasteiger partial charge in [-0.1, -0.05) is 15.9 Å². The molecule has 0 fully saturated rings. The Kier molecular flexibility index (Phi) is 6.46. The minimum absolute atomic E-state index is 0.181. The number of nitrogens with one attached hydrogen (secondary N) is 2. The van der Waals surface area contributed by atoms with Gasteiger partial charge in [0.2, 0.25) is 0 Å². The Balaban J connectivity index is 1.50. The van der Waals surface area contributed by atoms with Gasteiger partial charge in [0.25, 0.3) is 11.8 Å². The molecule has 0 radical (unpaired) electrons. The highest BCUT2D eigenvalue weighted by molar-refractivity contribution is 9.10. The van der Waals surface area contributed by atoms with Crippen molar-refractivity contribution in [1.82, 2.24) is 0 Å². The van der Waals surface area contributed by atoms with E-state index in [1.165, 1.54) is 18.4 Å². The van der Waals surface area contributed by atoms with E-state index in [9.17, 15) is 14.4 Å². The quantitative estimate of drug-likeness (QED) is 0.535. The summed E-state index contributed by atoms with van der Waals surface area (Å²) >= 11 is 3.39. The predicted molar refractivity (Wildman–Crippen MR) is 111 cm³/mol. The van der Waals surface area contributed by atoms with Gasteiger partial charge < -0.3 is 19.8 Å². The number of carbonyl (C=O) groups is 3. The van der Waals surface area contributed by atoms with Gasteiger partial charge in [0.15, 0.2) is 12.4 Å². The fraction of sp³-hybridized carbons (Fsp3) is 0.0952. The van der Waals surface area contributed by atoms with Crippen molar-refractivity contribution >= 4 is 45.1 Å². The lowest BCUT2D eigenvalue weighted by Gasteiger charge is -2.08. The summed E-state index contributed by atoms with van der Waals surface area (Å²) in [5.41, 5.74) is 2.34. The molecule has 0 saturated carbocycles. The number of carbonyl (C=O) groups excluding carboxylic acids is 3. The van der Waals surface area contributed by atoms with E-state index in [4.69, 9.17) is 9.15 Å². The number of furan rings is 1. The van der Waals surface area contributed by atoms with E-state index >= 15 is 0 Å². The molecule has 1 aromatic heterocycles. The summed E-state index contributed by atoms with van der Waals surface area (Å²) in [6.45, 7) is 1.49. The molecule has 0 spiro atoms. The number of amides is 2. The number of hydrogen-bond acceptors (Lipinski definition) is 5. The first-order chi connectivity index (χ1) is 13.9. The zero-order valence-electron chi connectivity index (χ0n) is 15.4. The van der Waals surface area contributed by atoms with Gasteiger partial charge in [-0.25, -0.2) is 4.79 Å². The second-order valence-electron chi connectivity index (χ2n) is 6.10. The molecule has 0 bridgehead atoms. The van der Waals surface area contributed by atoms with Crippen LogP contribution in [0.2, 0.25) is 0 Å².